The van der Waals surface area contributed by atoms with Crippen LogP contribution >= 0.6 is 12.6 Å². The third-order valence-corrected chi connectivity index (χ3v) is 3.35. The number of hydrogen-bond donors (Lipinski definition) is 2. The number of fused-ring (bicyclic) bond motifs is 1. The average molecular weight is 305 g/mol. The number of ether oxygens (including phenoxy) is 2. The number of rotatable bonds is 2. The Morgan fingerprint density at radius 1 is 1.10 bits per heavy atom. The van der Waals surface area contributed by atoms with Gasteiger partial charge in [0.15, 0.2) is 11.5 Å². The van der Waals surface area contributed by atoms with Gasteiger partial charge in [0.2, 0.25) is 0 Å². The average Bonchev–Trinajstić information content (AvgIpc) is 2.50. The van der Waals surface area contributed by atoms with Gasteiger partial charge in [0.05, 0.1) is 0 Å². The van der Waals surface area contributed by atoms with Crippen molar-refractivity contribution < 1.29 is 18.7 Å². The molecule has 0 fully saturated rings. The number of benzene rings is 2. The standard InChI is InChI=1S/C15H12FNO3S/c16-11-3-1-9(7-14(11)21)15(18)17-10-2-4-12-13(8-10)20-6-5-19-12/h1-4,7-8,21H,5-6H2,(H,17,18). The van der Waals surface area contributed by atoms with Crippen LogP contribution in [0.5, 0.6) is 11.5 Å². The van der Waals surface area contributed by atoms with Gasteiger partial charge >= 0.3 is 0 Å². The lowest BCUT2D eigenvalue weighted by Gasteiger charge is -2.19. The number of nitrogens with one attached hydrogen (secondary N) is 1. The van der Waals surface area contributed by atoms with E-state index in [1.807, 2.05) is 0 Å². The molecular weight excluding hydrogens is 293 g/mol. The van der Waals surface area contributed by atoms with Crippen LogP contribution in [0.4, 0.5) is 10.1 Å². The third-order valence-electron chi connectivity index (χ3n) is 3.01. The molecule has 0 saturated carbocycles. The number of hydrogen-bond acceptors (Lipinski definition) is 4. The smallest absolute Gasteiger partial charge is 0.255 e. The highest BCUT2D eigenvalue weighted by molar-refractivity contribution is 7.80. The molecule has 0 spiro atoms. The molecule has 3 rings (SSSR count). The normalized spacial score (nSPS) is 12.9. The Bertz CT molecular complexity index is 705. The van der Waals surface area contributed by atoms with Gasteiger partial charge in [-0.2, -0.15) is 0 Å². The van der Waals surface area contributed by atoms with Crippen molar-refractivity contribution >= 4 is 24.2 Å². The Kier molecular flexibility index (Phi) is 3.70. The Hall–Kier alpha value is -2.21. The van der Waals surface area contributed by atoms with E-state index in [1.165, 1.54) is 18.2 Å². The first-order valence-electron chi connectivity index (χ1n) is 6.33. The van der Waals surface area contributed by atoms with Crippen LogP contribution in [0.3, 0.4) is 0 Å². The van der Waals surface area contributed by atoms with Crippen molar-refractivity contribution in [2.75, 3.05) is 18.5 Å². The summed E-state index contributed by atoms with van der Waals surface area (Å²) >= 11 is 3.96. The lowest BCUT2D eigenvalue weighted by atomic mass is 10.2. The summed E-state index contributed by atoms with van der Waals surface area (Å²) < 4.78 is 24.0. The fourth-order valence-corrected chi connectivity index (χ4v) is 2.19. The first-order valence-corrected chi connectivity index (χ1v) is 6.78. The van der Waals surface area contributed by atoms with E-state index in [2.05, 4.69) is 17.9 Å². The predicted molar refractivity (Wildman–Crippen MR) is 79.0 cm³/mol. The quantitative estimate of drug-likeness (QED) is 0.838. The maximum Gasteiger partial charge on any atom is 0.255 e. The van der Waals surface area contributed by atoms with Crippen LogP contribution in [0.1, 0.15) is 10.4 Å². The summed E-state index contributed by atoms with van der Waals surface area (Å²) in [6, 6.07) is 9.14. The van der Waals surface area contributed by atoms with E-state index in [9.17, 15) is 9.18 Å². The first kappa shape index (κ1) is 13.8. The van der Waals surface area contributed by atoms with Gasteiger partial charge in [-0.15, -0.1) is 12.6 Å². The van der Waals surface area contributed by atoms with Gasteiger partial charge < -0.3 is 14.8 Å². The topological polar surface area (TPSA) is 47.6 Å². The summed E-state index contributed by atoms with van der Waals surface area (Å²) in [6.45, 7) is 0.990. The molecule has 1 heterocycles. The van der Waals surface area contributed by atoms with Crippen molar-refractivity contribution in [2.24, 2.45) is 0 Å². The van der Waals surface area contributed by atoms with Gasteiger partial charge in [-0.25, -0.2) is 4.39 Å². The molecule has 0 aromatic heterocycles. The monoisotopic (exact) mass is 305 g/mol. The highest BCUT2D eigenvalue weighted by atomic mass is 32.1. The Balaban J connectivity index is 1.79. The molecule has 108 valence electrons. The molecule has 2 aromatic carbocycles. The summed E-state index contributed by atoms with van der Waals surface area (Å²) in [4.78, 5) is 12.2. The molecule has 0 bridgehead atoms. The van der Waals surface area contributed by atoms with Crippen LogP contribution in [0, 0.1) is 5.82 Å². The molecule has 0 aliphatic carbocycles. The summed E-state index contributed by atoms with van der Waals surface area (Å²) in [6.07, 6.45) is 0. The summed E-state index contributed by atoms with van der Waals surface area (Å²) in [5.74, 6) is 0.433. The molecule has 0 unspecified atom stereocenters. The summed E-state index contributed by atoms with van der Waals surface area (Å²) in [5.41, 5.74) is 0.908. The van der Waals surface area contributed by atoms with Crippen molar-refractivity contribution in [1.29, 1.82) is 0 Å². The van der Waals surface area contributed by atoms with Gasteiger partial charge in [0, 0.05) is 22.2 Å². The van der Waals surface area contributed by atoms with Crippen LogP contribution in [-0.4, -0.2) is 19.1 Å². The number of carbonyl (C=O) groups excluding carboxylic acids is 1. The van der Waals surface area contributed by atoms with Gasteiger partial charge in [-0.1, -0.05) is 0 Å². The van der Waals surface area contributed by atoms with Crippen LogP contribution in [-0.2, 0) is 0 Å². The zero-order chi connectivity index (χ0) is 14.8. The van der Waals surface area contributed by atoms with E-state index < -0.39 is 5.82 Å². The fourth-order valence-electron chi connectivity index (χ4n) is 1.98. The van der Waals surface area contributed by atoms with E-state index in [0.717, 1.165) is 0 Å². The second-order valence-corrected chi connectivity index (χ2v) is 4.96. The van der Waals surface area contributed by atoms with Gasteiger partial charge in [-0.3, -0.25) is 4.79 Å². The number of halogens is 1. The van der Waals surface area contributed by atoms with Gasteiger partial charge in [-0.05, 0) is 30.3 Å². The lowest BCUT2D eigenvalue weighted by Crippen LogP contribution is -2.16. The number of thiol groups is 1. The van der Waals surface area contributed by atoms with E-state index in [-0.39, 0.29) is 10.8 Å². The maximum atomic E-state index is 13.1. The van der Waals surface area contributed by atoms with Crippen molar-refractivity contribution in [3.05, 3.63) is 47.8 Å². The predicted octanol–water partition coefficient (Wildman–Crippen LogP) is 3.14. The lowest BCUT2D eigenvalue weighted by molar-refractivity contribution is 0.102. The summed E-state index contributed by atoms with van der Waals surface area (Å²) in [7, 11) is 0. The van der Waals surface area contributed by atoms with Crippen LogP contribution in [0.2, 0.25) is 0 Å². The molecule has 0 radical (unpaired) electrons. The minimum atomic E-state index is -0.464. The highest BCUT2D eigenvalue weighted by Crippen LogP contribution is 2.32. The van der Waals surface area contributed by atoms with Crippen LogP contribution < -0.4 is 14.8 Å². The minimum Gasteiger partial charge on any atom is -0.486 e. The van der Waals surface area contributed by atoms with Gasteiger partial charge in [0.25, 0.3) is 5.91 Å². The van der Waals surface area contributed by atoms with E-state index in [0.29, 0.717) is 36.0 Å². The Labute approximate surface area is 126 Å². The van der Waals surface area contributed by atoms with E-state index >= 15 is 0 Å². The molecule has 6 heteroatoms. The molecular formula is C15H12FNO3S. The number of carbonyl (C=O) groups is 1. The SMILES string of the molecule is O=C(Nc1ccc2c(c1)OCCO2)c1ccc(F)c(S)c1. The van der Waals surface area contributed by atoms with Crippen molar-refractivity contribution in [2.45, 2.75) is 4.90 Å². The van der Waals surface area contributed by atoms with Crippen LogP contribution in [0.25, 0.3) is 0 Å². The molecule has 1 amide bonds. The number of amides is 1. The molecule has 2 aromatic rings. The van der Waals surface area contributed by atoms with E-state index in [4.69, 9.17) is 9.47 Å². The Morgan fingerprint density at radius 2 is 1.86 bits per heavy atom. The number of anilines is 1. The molecule has 1 aliphatic heterocycles. The van der Waals surface area contributed by atoms with Gasteiger partial charge in [0.1, 0.15) is 19.0 Å². The largest absolute Gasteiger partial charge is 0.486 e. The first-order chi connectivity index (χ1) is 10.1. The second-order valence-electron chi connectivity index (χ2n) is 4.48. The van der Waals surface area contributed by atoms with E-state index in [1.54, 1.807) is 18.2 Å². The minimum absolute atomic E-state index is 0.129. The molecule has 0 atom stereocenters. The molecule has 1 aliphatic rings. The zero-order valence-electron chi connectivity index (χ0n) is 10.9. The van der Waals surface area contributed by atoms with Crippen molar-refractivity contribution in [3.8, 4) is 11.5 Å². The van der Waals surface area contributed by atoms with Crippen molar-refractivity contribution in [1.82, 2.24) is 0 Å². The Morgan fingerprint density at radius 3 is 2.62 bits per heavy atom. The molecule has 1 N–H and O–H groups in total. The fraction of sp³-hybridized carbons (Fsp3) is 0.133. The summed E-state index contributed by atoms with van der Waals surface area (Å²) in [5, 5.41) is 2.72. The second kappa shape index (κ2) is 5.65. The maximum absolute atomic E-state index is 13.1. The zero-order valence-corrected chi connectivity index (χ0v) is 11.8. The molecule has 0 saturated heterocycles. The highest BCUT2D eigenvalue weighted by Gasteiger charge is 2.14. The van der Waals surface area contributed by atoms with Crippen molar-refractivity contribution in [3.63, 3.8) is 0 Å². The molecule has 4 nitrogen and oxygen atoms in total. The molecule has 21 heavy (non-hydrogen) atoms. The van der Waals surface area contributed by atoms with Crippen LogP contribution in [0.15, 0.2) is 41.3 Å². The third kappa shape index (κ3) is 2.95.